The maximum atomic E-state index is 12.6. The fraction of sp³-hybridized carbons (Fsp3) is 0.217. The van der Waals surface area contributed by atoms with Gasteiger partial charge in [0.05, 0.1) is 11.1 Å². The van der Waals surface area contributed by atoms with Gasteiger partial charge in [0.15, 0.2) is 0 Å². The molecule has 2 aromatic carbocycles. The van der Waals surface area contributed by atoms with E-state index in [1.807, 2.05) is 6.07 Å². The third-order valence-electron chi connectivity index (χ3n) is 5.24. The van der Waals surface area contributed by atoms with Gasteiger partial charge in [-0.05, 0) is 73.2 Å². The number of fused-ring (bicyclic) bond motifs is 2. The largest absolute Gasteiger partial charge is 0.416 e. The Balaban J connectivity index is 1.50. The van der Waals surface area contributed by atoms with Crippen molar-refractivity contribution in [2.75, 3.05) is 11.1 Å². The average Bonchev–Trinajstić information content (AvgIpc) is 2.73. The number of carbonyl (C=O) groups excluding carboxylic acids is 1. The second-order valence-corrected chi connectivity index (χ2v) is 7.33. The molecular formula is C23H20F3N3O. The molecule has 4 nitrogen and oxygen atoms in total. The van der Waals surface area contributed by atoms with E-state index in [4.69, 9.17) is 10.7 Å². The van der Waals surface area contributed by atoms with E-state index in [0.29, 0.717) is 16.9 Å². The molecule has 154 valence electrons. The predicted octanol–water partition coefficient (Wildman–Crippen LogP) is 5.37. The second-order valence-electron chi connectivity index (χ2n) is 7.33. The first-order chi connectivity index (χ1) is 14.3. The van der Waals surface area contributed by atoms with Crippen LogP contribution in [-0.4, -0.2) is 10.9 Å². The number of nitrogens with two attached hydrogens (primary N) is 1. The number of benzene rings is 2. The van der Waals surface area contributed by atoms with E-state index in [1.54, 1.807) is 12.1 Å². The van der Waals surface area contributed by atoms with Crippen molar-refractivity contribution >= 4 is 34.3 Å². The third-order valence-corrected chi connectivity index (χ3v) is 5.24. The fourth-order valence-electron chi connectivity index (χ4n) is 3.68. The molecule has 1 amide bonds. The minimum absolute atomic E-state index is 0.390. The third kappa shape index (κ3) is 4.15. The molecule has 3 N–H and O–H groups in total. The summed E-state index contributed by atoms with van der Waals surface area (Å²) in [6.07, 6.45) is 2.41. The number of hydrogen-bond donors (Lipinski definition) is 2. The molecule has 0 fully saturated rings. The lowest BCUT2D eigenvalue weighted by atomic mass is 9.93. The number of carbonyl (C=O) groups is 1. The summed E-state index contributed by atoms with van der Waals surface area (Å²) in [5, 5.41) is 3.56. The zero-order chi connectivity index (χ0) is 21.3. The minimum Gasteiger partial charge on any atom is -0.398 e. The number of rotatable bonds is 3. The summed E-state index contributed by atoms with van der Waals surface area (Å²) < 4.78 is 37.8. The maximum absolute atomic E-state index is 12.6. The minimum atomic E-state index is -4.38. The zero-order valence-corrected chi connectivity index (χ0v) is 16.1. The van der Waals surface area contributed by atoms with Crippen molar-refractivity contribution in [2.45, 2.75) is 31.9 Å². The molecule has 0 saturated carbocycles. The van der Waals surface area contributed by atoms with Gasteiger partial charge in [0.1, 0.15) is 0 Å². The Bertz CT molecular complexity index is 1140. The molecule has 0 atom stereocenters. The van der Waals surface area contributed by atoms with Gasteiger partial charge in [-0.2, -0.15) is 13.2 Å². The van der Waals surface area contributed by atoms with Crippen molar-refractivity contribution in [3.8, 4) is 0 Å². The van der Waals surface area contributed by atoms with Crippen LogP contribution in [0.3, 0.4) is 0 Å². The highest BCUT2D eigenvalue weighted by atomic mass is 19.4. The van der Waals surface area contributed by atoms with Gasteiger partial charge in [-0.25, -0.2) is 0 Å². The highest BCUT2D eigenvalue weighted by Crippen LogP contribution is 2.32. The van der Waals surface area contributed by atoms with E-state index in [-0.39, 0.29) is 0 Å². The van der Waals surface area contributed by atoms with E-state index in [1.165, 1.54) is 24.3 Å². The molecule has 0 radical (unpaired) electrons. The lowest BCUT2D eigenvalue weighted by Crippen LogP contribution is -2.10. The van der Waals surface area contributed by atoms with Crippen LogP contribution < -0.4 is 11.1 Å². The molecule has 0 saturated heterocycles. The number of pyridine rings is 1. The Kier molecular flexibility index (Phi) is 5.20. The monoisotopic (exact) mass is 411 g/mol. The Labute approximate surface area is 171 Å². The van der Waals surface area contributed by atoms with Gasteiger partial charge in [-0.3, -0.25) is 9.78 Å². The summed E-state index contributed by atoms with van der Waals surface area (Å²) in [7, 11) is 0. The molecule has 7 heteroatoms. The van der Waals surface area contributed by atoms with Gasteiger partial charge in [0.2, 0.25) is 5.91 Å². The summed E-state index contributed by atoms with van der Waals surface area (Å²) >= 11 is 0. The molecule has 0 unspecified atom stereocenters. The highest BCUT2D eigenvalue weighted by Gasteiger charge is 2.29. The standard InChI is InChI=1S/C23H20F3N3O/c24-23(25,26)15-8-5-14(6-9-15)7-12-21(30)28-16-10-11-20-18(13-16)22(27)17-3-1-2-4-19(17)29-20/h5-13H,1-4H2,(H2,27,29)(H,28,30). The molecule has 1 aromatic heterocycles. The van der Waals surface area contributed by atoms with Crippen LogP contribution in [0.25, 0.3) is 17.0 Å². The zero-order valence-electron chi connectivity index (χ0n) is 16.1. The topological polar surface area (TPSA) is 68.0 Å². The quantitative estimate of drug-likeness (QED) is 0.570. The summed E-state index contributed by atoms with van der Waals surface area (Å²) in [6, 6.07) is 9.99. The van der Waals surface area contributed by atoms with Gasteiger partial charge >= 0.3 is 6.18 Å². The molecular weight excluding hydrogens is 391 g/mol. The Morgan fingerprint density at radius 3 is 2.53 bits per heavy atom. The molecule has 1 aliphatic carbocycles. The van der Waals surface area contributed by atoms with Gasteiger partial charge in [0, 0.05) is 28.5 Å². The molecule has 0 aliphatic heterocycles. The smallest absolute Gasteiger partial charge is 0.398 e. The predicted molar refractivity (Wildman–Crippen MR) is 112 cm³/mol. The number of anilines is 2. The van der Waals surface area contributed by atoms with Crippen LogP contribution in [0.2, 0.25) is 0 Å². The number of aryl methyl sites for hydroxylation is 1. The van der Waals surface area contributed by atoms with Crippen molar-refractivity contribution in [1.82, 2.24) is 4.98 Å². The lowest BCUT2D eigenvalue weighted by molar-refractivity contribution is -0.137. The van der Waals surface area contributed by atoms with Crippen molar-refractivity contribution in [2.24, 2.45) is 0 Å². The molecule has 0 bridgehead atoms. The van der Waals surface area contributed by atoms with E-state index in [9.17, 15) is 18.0 Å². The number of aromatic nitrogens is 1. The SMILES string of the molecule is Nc1c2c(nc3ccc(NC(=O)C=Cc4ccc(C(F)(F)F)cc4)cc13)CCCC2. The number of halogens is 3. The first kappa shape index (κ1) is 19.9. The van der Waals surface area contributed by atoms with Crippen LogP contribution in [0.1, 0.15) is 35.2 Å². The number of hydrogen-bond acceptors (Lipinski definition) is 3. The normalized spacial score (nSPS) is 14.1. The van der Waals surface area contributed by atoms with Gasteiger partial charge in [-0.1, -0.05) is 12.1 Å². The van der Waals surface area contributed by atoms with Crippen LogP contribution >= 0.6 is 0 Å². The fourth-order valence-corrected chi connectivity index (χ4v) is 3.68. The maximum Gasteiger partial charge on any atom is 0.416 e. The molecule has 1 aliphatic rings. The van der Waals surface area contributed by atoms with Gasteiger partial charge in [-0.15, -0.1) is 0 Å². The van der Waals surface area contributed by atoms with E-state index >= 15 is 0 Å². The van der Waals surface area contributed by atoms with Crippen molar-refractivity contribution in [3.63, 3.8) is 0 Å². The Morgan fingerprint density at radius 2 is 1.80 bits per heavy atom. The first-order valence-corrected chi connectivity index (χ1v) is 9.68. The van der Waals surface area contributed by atoms with Gasteiger partial charge in [0.25, 0.3) is 0 Å². The molecule has 0 spiro atoms. The summed E-state index contributed by atoms with van der Waals surface area (Å²) in [6.45, 7) is 0. The number of nitrogens with zero attached hydrogens (tertiary/aromatic N) is 1. The molecule has 4 rings (SSSR count). The number of amides is 1. The van der Waals surface area contributed by atoms with Gasteiger partial charge < -0.3 is 11.1 Å². The Hall–Kier alpha value is -3.35. The molecule has 30 heavy (non-hydrogen) atoms. The number of nitrogen functional groups attached to an aromatic ring is 1. The number of alkyl halides is 3. The molecule has 1 heterocycles. The van der Waals surface area contributed by atoms with Crippen LogP contribution in [0.4, 0.5) is 24.5 Å². The Morgan fingerprint density at radius 1 is 1.07 bits per heavy atom. The summed E-state index contributed by atoms with van der Waals surface area (Å²) in [5.41, 5.74) is 10.4. The first-order valence-electron chi connectivity index (χ1n) is 9.68. The summed E-state index contributed by atoms with van der Waals surface area (Å²) in [5.74, 6) is -0.390. The van der Waals surface area contributed by atoms with E-state index in [0.717, 1.165) is 60.0 Å². The lowest BCUT2D eigenvalue weighted by Gasteiger charge is -2.18. The van der Waals surface area contributed by atoms with Crippen molar-refractivity contribution < 1.29 is 18.0 Å². The number of nitrogens with one attached hydrogen (secondary N) is 1. The van der Waals surface area contributed by atoms with E-state index < -0.39 is 17.6 Å². The van der Waals surface area contributed by atoms with E-state index in [2.05, 4.69) is 5.32 Å². The molecule has 3 aromatic rings. The van der Waals surface area contributed by atoms with Crippen LogP contribution in [0, 0.1) is 0 Å². The highest BCUT2D eigenvalue weighted by molar-refractivity contribution is 6.04. The second kappa shape index (κ2) is 7.82. The summed E-state index contributed by atoms with van der Waals surface area (Å²) in [4.78, 5) is 17.0. The van der Waals surface area contributed by atoms with Crippen molar-refractivity contribution in [1.29, 1.82) is 0 Å². The van der Waals surface area contributed by atoms with Crippen LogP contribution in [0.15, 0.2) is 48.5 Å². The van der Waals surface area contributed by atoms with Crippen LogP contribution in [0.5, 0.6) is 0 Å². The van der Waals surface area contributed by atoms with Crippen molar-refractivity contribution in [3.05, 3.63) is 70.9 Å². The van der Waals surface area contributed by atoms with Crippen LogP contribution in [-0.2, 0) is 23.8 Å². The average molecular weight is 411 g/mol.